The highest BCUT2D eigenvalue weighted by molar-refractivity contribution is 8.00. The fourth-order valence-corrected chi connectivity index (χ4v) is 4.11. The highest BCUT2D eigenvalue weighted by Gasteiger charge is 2.20. The largest absolute Gasteiger partial charge is 0.325 e. The highest BCUT2D eigenvalue weighted by atomic mass is 32.2. The van der Waals surface area contributed by atoms with Crippen molar-refractivity contribution >= 4 is 34.7 Å². The average molecular weight is 402 g/mol. The van der Waals surface area contributed by atoms with Crippen LogP contribution in [0.25, 0.3) is 0 Å². The van der Waals surface area contributed by atoms with Gasteiger partial charge in [-0.3, -0.25) is 4.79 Å². The second-order valence-corrected chi connectivity index (χ2v) is 8.68. The number of carbonyl (C=O) groups is 1. The van der Waals surface area contributed by atoms with E-state index >= 15 is 0 Å². The molecule has 0 saturated carbocycles. The third-order valence-electron chi connectivity index (χ3n) is 4.40. The average Bonchev–Trinajstić information content (AvgIpc) is 3.34. The van der Waals surface area contributed by atoms with Crippen LogP contribution in [0.3, 0.4) is 0 Å². The second-order valence-electron chi connectivity index (χ2n) is 6.34. The van der Waals surface area contributed by atoms with E-state index in [0.717, 1.165) is 17.7 Å². The zero-order valence-electron chi connectivity index (χ0n) is 15.6. The molecule has 0 aliphatic carbocycles. The number of carbonyl (C=O) groups excluding carboxylic acids is 1. The maximum Gasteiger partial charge on any atom is 0.237 e. The van der Waals surface area contributed by atoms with Gasteiger partial charge >= 0.3 is 0 Å². The summed E-state index contributed by atoms with van der Waals surface area (Å²) in [5.74, 6) is 0.337. The molecule has 1 aromatic carbocycles. The van der Waals surface area contributed by atoms with Crippen LogP contribution < -0.4 is 5.32 Å². The van der Waals surface area contributed by atoms with Crippen molar-refractivity contribution in [3.8, 4) is 0 Å². The van der Waals surface area contributed by atoms with Gasteiger partial charge in [0.1, 0.15) is 0 Å². The maximum absolute atomic E-state index is 12.7. The summed E-state index contributed by atoms with van der Waals surface area (Å²) < 4.78 is 1.73. The van der Waals surface area contributed by atoms with Gasteiger partial charge in [-0.25, -0.2) is 4.68 Å². The van der Waals surface area contributed by atoms with E-state index in [1.807, 2.05) is 42.6 Å². The molecule has 0 aliphatic heterocycles. The van der Waals surface area contributed by atoms with Gasteiger partial charge in [-0.05, 0) is 52.8 Å². The third kappa shape index (κ3) is 4.95. The summed E-state index contributed by atoms with van der Waals surface area (Å²) in [5.41, 5.74) is 2.04. The van der Waals surface area contributed by atoms with Gasteiger partial charge in [0.15, 0.2) is 0 Å². The van der Waals surface area contributed by atoms with E-state index in [2.05, 4.69) is 40.8 Å². The number of thiophene rings is 1. The first kappa shape index (κ1) is 19.6. The quantitative estimate of drug-likeness (QED) is 0.566. The van der Waals surface area contributed by atoms with Gasteiger partial charge in [-0.2, -0.15) is 0 Å². The zero-order valence-corrected chi connectivity index (χ0v) is 17.3. The Morgan fingerprint density at radius 2 is 2.07 bits per heavy atom. The number of aromatic nitrogens is 4. The summed E-state index contributed by atoms with van der Waals surface area (Å²) in [6.45, 7) is 6.80. The molecule has 2 atom stereocenters. The van der Waals surface area contributed by atoms with Crippen LogP contribution in [0.4, 0.5) is 5.69 Å². The van der Waals surface area contributed by atoms with Crippen LogP contribution in [0.5, 0.6) is 0 Å². The number of thioether (sulfide) groups is 1. The Balaban J connectivity index is 1.66. The topological polar surface area (TPSA) is 72.7 Å². The van der Waals surface area contributed by atoms with Gasteiger partial charge in [0.05, 0.1) is 11.8 Å². The van der Waals surface area contributed by atoms with Crippen molar-refractivity contribution in [2.24, 2.45) is 0 Å². The summed E-state index contributed by atoms with van der Waals surface area (Å²) in [4.78, 5) is 13.9. The predicted octanol–water partition coefficient (Wildman–Crippen LogP) is 4.42. The Bertz CT molecular complexity index is 878. The lowest BCUT2D eigenvalue weighted by atomic mass is 9.97. The first-order chi connectivity index (χ1) is 13.1. The van der Waals surface area contributed by atoms with Crippen molar-refractivity contribution < 1.29 is 4.79 Å². The molecule has 0 saturated heterocycles. The number of hydrogen-bond acceptors (Lipinski definition) is 6. The van der Waals surface area contributed by atoms with Gasteiger partial charge in [0.2, 0.25) is 11.1 Å². The fourth-order valence-electron chi connectivity index (χ4n) is 2.64. The Kier molecular flexibility index (Phi) is 6.63. The predicted molar refractivity (Wildman–Crippen MR) is 110 cm³/mol. The van der Waals surface area contributed by atoms with E-state index in [9.17, 15) is 4.79 Å². The number of hydrogen-bond donors (Lipinski definition) is 1. The van der Waals surface area contributed by atoms with Gasteiger partial charge in [0.25, 0.3) is 0 Å². The van der Waals surface area contributed by atoms with Crippen molar-refractivity contribution in [2.75, 3.05) is 5.32 Å². The molecule has 8 heteroatoms. The van der Waals surface area contributed by atoms with Crippen molar-refractivity contribution in [1.82, 2.24) is 20.2 Å². The molecule has 1 N–H and O–H groups in total. The SMILES string of the molecule is CCC(C)c1ccccc1NC(=O)C(C)Sc1nnnn1Cc1cccs1. The lowest BCUT2D eigenvalue weighted by molar-refractivity contribution is -0.115. The molecule has 2 unspecified atom stereocenters. The Morgan fingerprint density at radius 3 is 2.81 bits per heavy atom. The molecule has 0 aliphatic rings. The minimum absolute atomic E-state index is 0.0542. The number of anilines is 1. The number of para-hydroxylation sites is 1. The van der Waals surface area contributed by atoms with Crippen LogP contribution in [-0.4, -0.2) is 31.4 Å². The molecule has 0 spiro atoms. The van der Waals surface area contributed by atoms with Crippen LogP contribution in [0.1, 0.15) is 43.6 Å². The van der Waals surface area contributed by atoms with Crippen LogP contribution in [0.2, 0.25) is 0 Å². The van der Waals surface area contributed by atoms with E-state index in [1.165, 1.54) is 16.6 Å². The zero-order chi connectivity index (χ0) is 19.2. The number of amides is 1. The summed E-state index contributed by atoms with van der Waals surface area (Å²) in [6, 6.07) is 12.0. The normalized spacial score (nSPS) is 13.3. The first-order valence-electron chi connectivity index (χ1n) is 8.93. The highest BCUT2D eigenvalue weighted by Crippen LogP contribution is 2.28. The molecule has 2 aromatic heterocycles. The van der Waals surface area contributed by atoms with Crippen LogP contribution >= 0.6 is 23.1 Å². The molecule has 142 valence electrons. The summed E-state index contributed by atoms with van der Waals surface area (Å²) in [7, 11) is 0. The fraction of sp³-hybridized carbons (Fsp3) is 0.368. The lowest BCUT2D eigenvalue weighted by Crippen LogP contribution is -2.24. The third-order valence-corrected chi connectivity index (χ3v) is 6.33. The van der Waals surface area contributed by atoms with Crippen LogP contribution in [0.15, 0.2) is 46.9 Å². The van der Waals surface area contributed by atoms with E-state index in [4.69, 9.17) is 0 Å². The molecule has 3 aromatic rings. The molecule has 0 bridgehead atoms. The molecule has 1 amide bonds. The van der Waals surface area contributed by atoms with Gasteiger partial charge in [0, 0.05) is 10.6 Å². The minimum atomic E-state index is -0.317. The lowest BCUT2D eigenvalue weighted by Gasteiger charge is -2.17. The summed E-state index contributed by atoms with van der Waals surface area (Å²) in [6.07, 6.45) is 1.02. The van der Waals surface area contributed by atoms with E-state index in [-0.39, 0.29) is 11.2 Å². The Hall–Kier alpha value is -2.19. The first-order valence-corrected chi connectivity index (χ1v) is 10.7. The standard InChI is InChI=1S/C19H23N5OS2/c1-4-13(2)16-9-5-6-10-17(16)20-18(25)14(3)27-19-21-22-23-24(19)12-15-8-7-11-26-15/h5-11,13-14H,4,12H2,1-3H3,(H,20,25). The number of tetrazole rings is 1. The van der Waals surface area contributed by atoms with Crippen LogP contribution in [-0.2, 0) is 11.3 Å². The Morgan fingerprint density at radius 1 is 1.26 bits per heavy atom. The smallest absolute Gasteiger partial charge is 0.237 e. The summed E-state index contributed by atoms with van der Waals surface area (Å²) in [5, 5.41) is 17.3. The molecular weight excluding hydrogens is 378 g/mol. The summed E-state index contributed by atoms with van der Waals surface area (Å²) >= 11 is 3.02. The molecule has 2 heterocycles. The van der Waals surface area contributed by atoms with Crippen LogP contribution in [0, 0.1) is 0 Å². The molecule has 27 heavy (non-hydrogen) atoms. The molecule has 6 nitrogen and oxygen atoms in total. The minimum Gasteiger partial charge on any atom is -0.325 e. The number of rotatable bonds is 8. The maximum atomic E-state index is 12.7. The molecule has 0 radical (unpaired) electrons. The second kappa shape index (κ2) is 9.14. The van der Waals surface area contributed by atoms with Crippen molar-refractivity contribution in [3.05, 3.63) is 52.2 Å². The van der Waals surface area contributed by atoms with Gasteiger partial charge in [-0.15, -0.1) is 16.4 Å². The van der Waals surface area contributed by atoms with E-state index in [1.54, 1.807) is 16.0 Å². The van der Waals surface area contributed by atoms with E-state index < -0.39 is 0 Å². The van der Waals surface area contributed by atoms with Crippen molar-refractivity contribution in [1.29, 1.82) is 0 Å². The Labute approximate surface area is 167 Å². The number of nitrogens with one attached hydrogen (secondary N) is 1. The van der Waals surface area contributed by atoms with Crippen molar-refractivity contribution in [2.45, 2.75) is 50.1 Å². The van der Waals surface area contributed by atoms with Crippen molar-refractivity contribution in [3.63, 3.8) is 0 Å². The van der Waals surface area contributed by atoms with Gasteiger partial charge in [-0.1, -0.05) is 49.9 Å². The number of benzene rings is 1. The monoisotopic (exact) mass is 401 g/mol. The van der Waals surface area contributed by atoms with E-state index in [0.29, 0.717) is 17.6 Å². The number of nitrogens with zero attached hydrogens (tertiary/aromatic N) is 4. The van der Waals surface area contributed by atoms with Gasteiger partial charge < -0.3 is 5.32 Å². The molecular formula is C19H23N5OS2. The molecule has 3 rings (SSSR count). The molecule has 0 fully saturated rings.